The van der Waals surface area contributed by atoms with E-state index in [1.807, 2.05) is 0 Å². The lowest BCUT2D eigenvalue weighted by molar-refractivity contribution is -0.141. The smallest absolute Gasteiger partial charge is 0.307 e. The third-order valence-corrected chi connectivity index (χ3v) is 3.81. The van der Waals surface area contributed by atoms with E-state index < -0.39 is 11.9 Å². The van der Waals surface area contributed by atoms with Crippen molar-refractivity contribution in [1.82, 2.24) is 4.90 Å². The van der Waals surface area contributed by atoms with Crippen LogP contribution in [0.3, 0.4) is 0 Å². The first-order valence-corrected chi connectivity index (χ1v) is 6.71. The van der Waals surface area contributed by atoms with Crippen molar-refractivity contribution in [3.05, 3.63) is 0 Å². The second-order valence-electron chi connectivity index (χ2n) is 5.29. The summed E-state index contributed by atoms with van der Waals surface area (Å²) in [5, 5.41) is 8.83. The lowest BCUT2D eigenvalue weighted by Crippen LogP contribution is -2.31. The lowest BCUT2D eigenvalue weighted by Gasteiger charge is -2.16. The molecule has 6 nitrogen and oxygen atoms in total. The molecule has 0 spiro atoms. The molecule has 0 bridgehead atoms. The number of ether oxygens (including phenoxy) is 2. The third kappa shape index (κ3) is 3.67. The monoisotopic (exact) mass is 271 g/mol. The summed E-state index contributed by atoms with van der Waals surface area (Å²) in [7, 11) is 1.63. The summed E-state index contributed by atoms with van der Waals surface area (Å²) in [4.78, 5) is 24.6. The quantitative estimate of drug-likeness (QED) is 0.670. The average Bonchev–Trinajstić information content (AvgIpc) is 3.06. The first kappa shape index (κ1) is 14.3. The summed E-state index contributed by atoms with van der Waals surface area (Å²) in [6, 6.07) is 0. The van der Waals surface area contributed by atoms with Crippen LogP contribution < -0.4 is 0 Å². The number of amides is 1. The fourth-order valence-corrected chi connectivity index (χ4v) is 2.54. The molecule has 1 heterocycles. The number of carboxylic acid groups (broad SMARTS) is 1. The van der Waals surface area contributed by atoms with Crippen molar-refractivity contribution in [3.63, 3.8) is 0 Å². The van der Waals surface area contributed by atoms with Gasteiger partial charge in [0.1, 0.15) is 0 Å². The molecule has 0 aromatic rings. The summed E-state index contributed by atoms with van der Waals surface area (Å²) < 4.78 is 10.4. The highest BCUT2D eigenvalue weighted by Gasteiger charge is 2.50. The van der Waals surface area contributed by atoms with Crippen molar-refractivity contribution < 1.29 is 24.2 Å². The van der Waals surface area contributed by atoms with Crippen molar-refractivity contribution in [2.75, 3.05) is 40.0 Å². The zero-order chi connectivity index (χ0) is 13.8. The topological polar surface area (TPSA) is 76.1 Å². The molecule has 1 aliphatic heterocycles. The molecule has 1 saturated carbocycles. The van der Waals surface area contributed by atoms with Gasteiger partial charge in [0.25, 0.3) is 0 Å². The molecule has 2 fully saturated rings. The second-order valence-corrected chi connectivity index (χ2v) is 5.29. The third-order valence-electron chi connectivity index (χ3n) is 3.81. The van der Waals surface area contributed by atoms with E-state index in [-0.39, 0.29) is 11.8 Å². The van der Waals surface area contributed by atoms with E-state index in [9.17, 15) is 9.59 Å². The van der Waals surface area contributed by atoms with Crippen LogP contribution in [0.1, 0.15) is 12.8 Å². The Balaban J connectivity index is 1.67. The van der Waals surface area contributed by atoms with Gasteiger partial charge in [-0.15, -0.1) is 0 Å². The Bertz CT molecular complexity index is 346. The van der Waals surface area contributed by atoms with Crippen LogP contribution in [-0.2, 0) is 19.1 Å². The number of hydrogen-bond acceptors (Lipinski definition) is 4. The van der Waals surface area contributed by atoms with Gasteiger partial charge in [-0.1, -0.05) is 0 Å². The zero-order valence-corrected chi connectivity index (χ0v) is 11.2. The number of hydrogen-bond donors (Lipinski definition) is 1. The first-order valence-electron chi connectivity index (χ1n) is 6.71. The van der Waals surface area contributed by atoms with Crippen LogP contribution in [0, 0.1) is 17.8 Å². The zero-order valence-electron chi connectivity index (χ0n) is 11.2. The van der Waals surface area contributed by atoms with Crippen LogP contribution in [0.5, 0.6) is 0 Å². The molecule has 0 radical (unpaired) electrons. The molecule has 1 saturated heterocycles. The summed E-state index contributed by atoms with van der Waals surface area (Å²) in [6.07, 6.45) is 1.43. The van der Waals surface area contributed by atoms with Gasteiger partial charge in [-0.25, -0.2) is 0 Å². The fourth-order valence-electron chi connectivity index (χ4n) is 2.54. The van der Waals surface area contributed by atoms with E-state index in [1.54, 1.807) is 12.0 Å². The predicted molar refractivity (Wildman–Crippen MR) is 66.6 cm³/mol. The van der Waals surface area contributed by atoms with Crippen molar-refractivity contribution >= 4 is 11.9 Å². The lowest BCUT2D eigenvalue weighted by atomic mass is 10.1. The van der Waals surface area contributed by atoms with Crippen molar-refractivity contribution in [1.29, 1.82) is 0 Å². The maximum atomic E-state index is 12.0. The van der Waals surface area contributed by atoms with Gasteiger partial charge in [-0.3, -0.25) is 9.59 Å². The Morgan fingerprint density at radius 1 is 1.32 bits per heavy atom. The number of likely N-dealkylation sites (tertiary alicyclic amines) is 1. The van der Waals surface area contributed by atoms with E-state index in [0.717, 1.165) is 13.0 Å². The van der Waals surface area contributed by atoms with E-state index in [4.69, 9.17) is 14.6 Å². The Kier molecular flexibility index (Phi) is 4.76. The number of carboxylic acids is 1. The molecule has 2 rings (SSSR count). The first-order chi connectivity index (χ1) is 9.13. The number of rotatable bonds is 7. The van der Waals surface area contributed by atoms with Gasteiger partial charge in [0, 0.05) is 26.1 Å². The molecule has 3 atom stereocenters. The van der Waals surface area contributed by atoms with Crippen molar-refractivity contribution in [3.8, 4) is 0 Å². The van der Waals surface area contributed by atoms with Crippen molar-refractivity contribution in [2.45, 2.75) is 12.8 Å². The van der Waals surface area contributed by atoms with Gasteiger partial charge < -0.3 is 19.5 Å². The minimum absolute atomic E-state index is 0.00629. The molecule has 0 aromatic carbocycles. The molecule has 108 valence electrons. The van der Waals surface area contributed by atoms with Crippen LogP contribution in [-0.4, -0.2) is 61.9 Å². The predicted octanol–water partition coefficient (Wildman–Crippen LogP) is 0.219. The highest BCUT2D eigenvalue weighted by atomic mass is 16.5. The molecule has 3 unspecified atom stereocenters. The number of nitrogens with zero attached hydrogens (tertiary/aromatic N) is 1. The Hall–Kier alpha value is -1.14. The SMILES string of the molecule is COCCOCC1CCN(C(=O)C2CC2C(=O)O)C1. The summed E-state index contributed by atoms with van der Waals surface area (Å²) in [5.41, 5.74) is 0. The Morgan fingerprint density at radius 2 is 2.11 bits per heavy atom. The van der Waals surface area contributed by atoms with Crippen LogP contribution in [0.25, 0.3) is 0 Å². The van der Waals surface area contributed by atoms with E-state index in [1.165, 1.54) is 0 Å². The fraction of sp³-hybridized carbons (Fsp3) is 0.846. The minimum Gasteiger partial charge on any atom is -0.481 e. The molecule has 1 aliphatic carbocycles. The summed E-state index contributed by atoms with van der Waals surface area (Å²) in [5.74, 6) is -1.22. The maximum Gasteiger partial charge on any atom is 0.307 e. The van der Waals surface area contributed by atoms with Gasteiger partial charge in [0.2, 0.25) is 5.91 Å². The molecule has 6 heteroatoms. The Morgan fingerprint density at radius 3 is 2.74 bits per heavy atom. The normalized spacial score (nSPS) is 29.5. The van der Waals surface area contributed by atoms with Crippen LogP contribution >= 0.6 is 0 Å². The average molecular weight is 271 g/mol. The van der Waals surface area contributed by atoms with Crippen molar-refractivity contribution in [2.24, 2.45) is 17.8 Å². The molecule has 2 aliphatic rings. The van der Waals surface area contributed by atoms with Crippen LogP contribution in [0.2, 0.25) is 0 Å². The van der Waals surface area contributed by atoms with Gasteiger partial charge in [-0.2, -0.15) is 0 Å². The van der Waals surface area contributed by atoms with Gasteiger partial charge >= 0.3 is 5.97 Å². The molecule has 19 heavy (non-hydrogen) atoms. The highest BCUT2D eigenvalue weighted by Crippen LogP contribution is 2.40. The molecular weight excluding hydrogens is 250 g/mol. The van der Waals surface area contributed by atoms with E-state index in [2.05, 4.69) is 0 Å². The summed E-state index contributed by atoms with van der Waals surface area (Å²) >= 11 is 0. The number of aliphatic carboxylic acids is 1. The largest absolute Gasteiger partial charge is 0.481 e. The van der Waals surface area contributed by atoms with E-state index >= 15 is 0 Å². The van der Waals surface area contributed by atoms with E-state index in [0.29, 0.717) is 38.7 Å². The van der Waals surface area contributed by atoms with Crippen LogP contribution in [0.15, 0.2) is 0 Å². The minimum atomic E-state index is -0.850. The van der Waals surface area contributed by atoms with Gasteiger partial charge in [0.05, 0.1) is 31.7 Å². The molecular formula is C13H21NO5. The van der Waals surface area contributed by atoms with Gasteiger partial charge in [-0.05, 0) is 12.8 Å². The number of carbonyl (C=O) groups excluding carboxylic acids is 1. The maximum absolute atomic E-state index is 12.0. The Labute approximate surface area is 112 Å². The number of methoxy groups -OCH3 is 1. The molecule has 0 aromatic heterocycles. The highest BCUT2D eigenvalue weighted by molar-refractivity contribution is 5.89. The molecule has 1 N–H and O–H groups in total. The second kappa shape index (κ2) is 6.34. The van der Waals surface area contributed by atoms with Crippen LogP contribution in [0.4, 0.5) is 0 Å². The summed E-state index contributed by atoms with van der Waals surface area (Å²) in [6.45, 7) is 3.21. The molecule has 1 amide bonds. The standard InChI is InChI=1S/C13H21NO5/c1-18-4-5-19-8-9-2-3-14(7-9)12(15)10-6-11(10)13(16)17/h9-11H,2-8H2,1H3,(H,16,17). The van der Waals surface area contributed by atoms with Gasteiger partial charge in [0.15, 0.2) is 0 Å². The number of carbonyl (C=O) groups is 2.